The van der Waals surface area contributed by atoms with Crippen LogP contribution in [0.3, 0.4) is 0 Å². The Labute approximate surface area is 167 Å². The number of hydrogen-bond donors (Lipinski definition) is 2. The zero-order chi connectivity index (χ0) is 19.9. The van der Waals surface area contributed by atoms with Gasteiger partial charge < -0.3 is 20.3 Å². The number of fused-ring (bicyclic) bond motifs is 3. The molecule has 152 valence electrons. The maximum atomic E-state index is 12.6. The number of nitrogens with one attached hydrogen (secondary N) is 2. The van der Waals surface area contributed by atoms with Gasteiger partial charge in [-0.05, 0) is 38.2 Å². The largest absolute Gasteiger partial charge is 0.489 e. The van der Waals surface area contributed by atoms with Crippen molar-refractivity contribution in [2.75, 3.05) is 26.2 Å². The summed E-state index contributed by atoms with van der Waals surface area (Å²) in [6.07, 6.45) is 5.49. The molecule has 1 fully saturated rings. The van der Waals surface area contributed by atoms with Crippen LogP contribution in [0.1, 0.15) is 32.3 Å². The fourth-order valence-electron chi connectivity index (χ4n) is 3.92. The van der Waals surface area contributed by atoms with Crippen LogP contribution >= 0.6 is 0 Å². The predicted octanol–water partition coefficient (Wildman–Crippen LogP) is 2.10. The highest BCUT2D eigenvalue weighted by Gasteiger charge is 2.31. The summed E-state index contributed by atoms with van der Waals surface area (Å²) < 4.78 is 5.93. The summed E-state index contributed by atoms with van der Waals surface area (Å²) in [6.45, 7) is 6.69. The molecule has 1 saturated heterocycles. The van der Waals surface area contributed by atoms with Crippen molar-refractivity contribution in [3.05, 3.63) is 42.0 Å². The molecule has 2 atom stereocenters. The number of ether oxygens (including phenoxy) is 1. The topological polar surface area (TPSA) is 70.7 Å². The van der Waals surface area contributed by atoms with Gasteiger partial charge in [-0.1, -0.05) is 30.4 Å². The third-order valence-corrected chi connectivity index (χ3v) is 5.34. The quantitative estimate of drug-likeness (QED) is 0.782. The first kappa shape index (κ1) is 20.4. The average Bonchev–Trinajstić information content (AvgIpc) is 2.66. The van der Waals surface area contributed by atoms with Crippen LogP contribution in [-0.2, 0) is 16.1 Å². The fraction of sp³-hybridized carbons (Fsp3) is 0.545. The van der Waals surface area contributed by atoms with Gasteiger partial charge in [0, 0.05) is 37.7 Å². The molecule has 3 rings (SSSR count). The molecule has 1 aromatic rings. The predicted molar refractivity (Wildman–Crippen MR) is 109 cm³/mol. The molecular formula is C22H31N3O3. The summed E-state index contributed by atoms with van der Waals surface area (Å²) in [4.78, 5) is 26.8. The maximum Gasteiger partial charge on any atom is 0.236 e. The van der Waals surface area contributed by atoms with Crippen LogP contribution in [0.25, 0.3) is 0 Å². The van der Waals surface area contributed by atoms with E-state index in [-0.39, 0.29) is 29.7 Å². The van der Waals surface area contributed by atoms with Crippen LogP contribution in [0, 0.1) is 11.8 Å². The molecule has 0 saturated carbocycles. The summed E-state index contributed by atoms with van der Waals surface area (Å²) >= 11 is 0. The zero-order valence-electron chi connectivity index (χ0n) is 16.8. The van der Waals surface area contributed by atoms with Crippen LogP contribution < -0.4 is 15.4 Å². The van der Waals surface area contributed by atoms with Gasteiger partial charge in [0.15, 0.2) is 0 Å². The molecule has 0 aliphatic carbocycles. The van der Waals surface area contributed by atoms with E-state index < -0.39 is 0 Å². The summed E-state index contributed by atoms with van der Waals surface area (Å²) in [5.74, 6) is 1.44. The lowest BCUT2D eigenvalue weighted by atomic mass is 9.82. The van der Waals surface area contributed by atoms with E-state index in [9.17, 15) is 9.59 Å². The van der Waals surface area contributed by atoms with E-state index in [0.29, 0.717) is 39.2 Å². The van der Waals surface area contributed by atoms with E-state index in [1.54, 1.807) is 0 Å². The summed E-state index contributed by atoms with van der Waals surface area (Å²) in [6, 6.07) is 8.03. The molecule has 2 aliphatic heterocycles. The molecule has 2 aliphatic rings. The number of para-hydroxylation sites is 1. The average molecular weight is 386 g/mol. The lowest BCUT2D eigenvalue weighted by Crippen LogP contribution is -2.47. The van der Waals surface area contributed by atoms with Crippen molar-refractivity contribution in [3.63, 3.8) is 0 Å². The second kappa shape index (κ2) is 9.73. The number of piperidine rings is 1. The Balaban J connectivity index is 1.72. The Kier molecular flexibility index (Phi) is 7.09. The molecule has 2 heterocycles. The van der Waals surface area contributed by atoms with Gasteiger partial charge in [0.25, 0.3) is 0 Å². The van der Waals surface area contributed by atoms with Crippen molar-refractivity contribution in [2.45, 2.75) is 39.3 Å². The molecule has 0 radical (unpaired) electrons. The fourth-order valence-corrected chi connectivity index (χ4v) is 3.92. The number of amides is 2. The van der Waals surface area contributed by atoms with Crippen molar-refractivity contribution in [3.8, 4) is 5.75 Å². The number of carbonyl (C=O) groups is 2. The molecular weight excluding hydrogens is 354 g/mol. The van der Waals surface area contributed by atoms with E-state index in [4.69, 9.17) is 4.74 Å². The van der Waals surface area contributed by atoms with Crippen LogP contribution in [0.15, 0.2) is 36.4 Å². The summed E-state index contributed by atoms with van der Waals surface area (Å²) in [5, 5.41) is 6.22. The standard InChI is InChI=1S/C22H31N3O3/c1-16(2)24-21(26)12-17-9-10-25-15-19(17)7-5-11-28-20-8-4-3-6-18(20)13-23-14-22(25)27/h3-8,16-17,19,23H,9-15H2,1-2H3,(H,24,26)/b7-5+/t17-,19-/m0/s1. The minimum atomic E-state index is 0.0861. The van der Waals surface area contributed by atoms with Gasteiger partial charge >= 0.3 is 0 Å². The highest BCUT2D eigenvalue weighted by atomic mass is 16.5. The number of benzene rings is 1. The molecule has 6 nitrogen and oxygen atoms in total. The van der Waals surface area contributed by atoms with E-state index in [1.807, 2.05) is 49.1 Å². The van der Waals surface area contributed by atoms with Crippen LogP contribution in [0.4, 0.5) is 0 Å². The Bertz CT molecular complexity index is 717. The zero-order valence-corrected chi connectivity index (χ0v) is 16.8. The molecule has 2 amide bonds. The Morgan fingerprint density at radius 2 is 2.14 bits per heavy atom. The van der Waals surface area contributed by atoms with Gasteiger partial charge in [-0.3, -0.25) is 9.59 Å². The molecule has 2 bridgehead atoms. The highest BCUT2D eigenvalue weighted by Crippen LogP contribution is 2.28. The summed E-state index contributed by atoms with van der Waals surface area (Å²) in [7, 11) is 0. The Morgan fingerprint density at radius 3 is 2.96 bits per heavy atom. The van der Waals surface area contributed by atoms with Crippen molar-refractivity contribution in [1.29, 1.82) is 0 Å². The van der Waals surface area contributed by atoms with Crippen LogP contribution in [0.2, 0.25) is 0 Å². The first-order valence-corrected chi connectivity index (χ1v) is 10.2. The van der Waals surface area contributed by atoms with Crippen molar-refractivity contribution in [2.24, 2.45) is 11.8 Å². The van der Waals surface area contributed by atoms with Crippen LogP contribution in [0.5, 0.6) is 5.75 Å². The molecule has 0 unspecified atom stereocenters. The summed E-state index contributed by atoms with van der Waals surface area (Å²) in [5.41, 5.74) is 1.05. The smallest absolute Gasteiger partial charge is 0.236 e. The van der Waals surface area contributed by atoms with Crippen molar-refractivity contribution < 1.29 is 14.3 Å². The molecule has 1 aromatic carbocycles. The first-order valence-electron chi connectivity index (χ1n) is 10.2. The maximum absolute atomic E-state index is 12.6. The van der Waals surface area contributed by atoms with E-state index in [0.717, 1.165) is 17.7 Å². The monoisotopic (exact) mass is 385 g/mol. The van der Waals surface area contributed by atoms with Gasteiger partial charge in [0.2, 0.25) is 11.8 Å². The SMILES string of the molecule is CC(C)NC(=O)C[C@@H]1CCN2C[C@@H]1/C=C/COc1ccccc1CNCC2=O. The second-order valence-corrected chi connectivity index (χ2v) is 7.93. The number of hydrogen-bond acceptors (Lipinski definition) is 4. The van der Waals surface area contributed by atoms with Gasteiger partial charge in [0.05, 0.1) is 6.54 Å². The molecule has 28 heavy (non-hydrogen) atoms. The Morgan fingerprint density at radius 1 is 1.32 bits per heavy atom. The normalized spacial score (nSPS) is 24.2. The first-order chi connectivity index (χ1) is 13.5. The van der Waals surface area contributed by atoms with Crippen molar-refractivity contribution in [1.82, 2.24) is 15.5 Å². The molecule has 0 spiro atoms. The van der Waals surface area contributed by atoms with Gasteiger partial charge in [-0.2, -0.15) is 0 Å². The van der Waals surface area contributed by atoms with E-state index >= 15 is 0 Å². The highest BCUT2D eigenvalue weighted by molar-refractivity contribution is 5.79. The molecule has 0 aromatic heterocycles. The number of carbonyl (C=O) groups excluding carboxylic acids is 2. The van der Waals surface area contributed by atoms with Gasteiger partial charge in [0.1, 0.15) is 12.4 Å². The third kappa shape index (κ3) is 5.58. The molecule has 2 N–H and O–H groups in total. The third-order valence-electron chi connectivity index (χ3n) is 5.34. The number of nitrogens with zero attached hydrogens (tertiary/aromatic N) is 1. The van der Waals surface area contributed by atoms with Gasteiger partial charge in [-0.25, -0.2) is 0 Å². The minimum Gasteiger partial charge on any atom is -0.489 e. The lowest BCUT2D eigenvalue weighted by Gasteiger charge is -2.37. The second-order valence-electron chi connectivity index (χ2n) is 7.93. The minimum absolute atomic E-state index is 0.0861. The van der Waals surface area contributed by atoms with Crippen molar-refractivity contribution >= 4 is 11.8 Å². The number of rotatable bonds is 3. The van der Waals surface area contributed by atoms with E-state index in [1.165, 1.54) is 0 Å². The van der Waals surface area contributed by atoms with Crippen LogP contribution in [-0.4, -0.2) is 49.0 Å². The molecule has 6 heteroatoms. The lowest BCUT2D eigenvalue weighted by molar-refractivity contribution is -0.132. The van der Waals surface area contributed by atoms with Gasteiger partial charge in [-0.15, -0.1) is 0 Å². The Hall–Kier alpha value is -2.34. The van der Waals surface area contributed by atoms with E-state index in [2.05, 4.69) is 16.7 Å².